The maximum Gasteiger partial charge on any atom is 0.150 e. The van der Waals surface area contributed by atoms with Crippen LogP contribution in [0.1, 0.15) is 22.6 Å². The summed E-state index contributed by atoms with van der Waals surface area (Å²) in [6.07, 6.45) is 0. The second-order valence-electron chi connectivity index (χ2n) is 4.12. The van der Waals surface area contributed by atoms with E-state index in [4.69, 9.17) is 16.1 Å². The smallest absolute Gasteiger partial charge is 0.150 e. The van der Waals surface area contributed by atoms with Gasteiger partial charge in [0.1, 0.15) is 0 Å². The lowest BCUT2D eigenvalue weighted by Gasteiger charge is -2.04. The molecule has 0 spiro atoms. The Bertz CT molecular complexity index is 508. The Hall–Kier alpha value is -1.32. The number of aryl methyl sites for hydroxylation is 2. The molecule has 0 aliphatic heterocycles. The van der Waals surface area contributed by atoms with E-state index in [0.717, 1.165) is 34.1 Å². The van der Waals surface area contributed by atoms with Crippen LogP contribution in [0.25, 0.3) is 0 Å². The van der Waals surface area contributed by atoms with Gasteiger partial charge in [0.25, 0.3) is 0 Å². The summed E-state index contributed by atoms with van der Waals surface area (Å²) in [5.41, 5.74) is 3.17. The molecule has 17 heavy (non-hydrogen) atoms. The first-order chi connectivity index (χ1) is 8.15. The lowest BCUT2D eigenvalue weighted by molar-refractivity contribution is 0.369. The normalized spacial score (nSPS) is 10.8. The van der Waals surface area contributed by atoms with E-state index < -0.39 is 0 Å². The second-order valence-corrected chi connectivity index (χ2v) is 4.53. The van der Waals surface area contributed by atoms with Gasteiger partial charge in [0, 0.05) is 17.6 Å². The van der Waals surface area contributed by atoms with E-state index in [1.807, 2.05) is 32.0 Å². The maximum absolute atomic E-state index is 6.06. The summed E-state index contributed by atoms with van der Waals surface area (Å²) < 4.78 is 5.11. The lowest BCUT2D eigenvalue weighted by atomic mass is 10.1. The van der Waals surface area contributed by atoms with E-state index in [-0.39, 0.29) is 0 Å². The Morgan fingerprint density at radius 1 is 1.24 bits per heavy atom. The zero-order valence-electron chi connectivity index (χ0n) is 9.96. The third kappa shape index (κ3) is 3.32. The predicted octanol–water partition coefficient (Wildman–Crippen LogP) is 3.23. The zero-order chi connectivity index (χ0) is 12.3. The van der Waals surface area contributed by atoms with Crippen LogP contribution in [0.4, 0.5) is 0 Å². The van der Waals surface area contributed by atoms with Crippen LogP contribution in [-0.4, -0.2) is 5.16 Å². The van der Waals surface area contributed by atoms with Crippen molar-refractivity contribution < 1.29 is 4.52 Å². The highest BCUT2D eigenvalue weighted by molar-refractivity contribution is 6.31. The van der Waals surface area contributed by atoms with Gasteiger partial charge in [-0.15, -0.1) is 0 Å². The third-order valence-corrected chi connectivity index (χ3v) is 2.95. The van der Waals surface area contributed by atoms with E-state index in [1.165, 1.54) is 0 Å². The van der Waals surface area contributed by atoms with Crippen LogP contribution < -0.4 is 5.32 Å². The summed E-state index contributed by atoms with van der Waals surface area (Å²) in [4.78, 5) is 0. The molecule has 4 heteroatoms. The monoisotopic (exact) mass is 250 g/mol. The number of nitrogens with zero attached hydrogens (tertiary/aromatic N) is 1. The minimum absolute atomic E-state index is 0.673. The summed E-state index contributed by atoms with van der Waals surface area (Å²) in [5, 5.41) is 7.92. The van der Waals surface area contributed by atoms with Gasteiger partial charge in [-0.25, -0.2) is 0 Å². The Morgan fingerprint density at radius 3 is 2.71 bits per heavy atom. The van der Waals surface area contributed by atoms with Gasteiger partial charge in [0.05, 0.1) is 12.2 Å². The summed E-state index contributed by atoms with van der Waals surface area (Å²) >= 11 is 6.06. The molecule has 0 atom stereocenters. The average molecular weight is 251 g/mol. The molecule has 0 amide bonds. The highest BCUT2D eigenvalue weighted by Crippen LogP contribution is 2.16. The van der Waals surface area contributed by atoms with Crippen molar-refractivity contribution >= 4 is 11.6 Å². The van der Waals surface area contributed by atoms with Crippen molar-refractivity contribution in [1.29, 1.82) is 0 Å². The van der Waals surface area contributed by atoms with Gasteiger partial charge >= 0.3 is 0 Å². The van der Waals surface area contributed by atoms with Crippen LogP contribution in [0.5, 0.6) is 0 Å². The summed E-state index contributed by atoms with van der Waals surface area (Å²) in [6.45, 7) is 5.34. The highest BCUT2D eigenvalue weighted by Gasteiger charge is 2.01. The molecule has 1 N–H and O–H groups in total. The Morgan fingerprint density at radius 2 is 2.06 bits per heavy atom. The number of halogens is 1. The van der Waals surface area contributed by atoms with Crippen LogP contribution in [0.2, 0.25) is 5.02 Å². The fourth-order valence-electron chi connectivity index (χ4n) is 1.58. The van der Waals surface area contributed by atoms with E-state index in [9.17, 15) is 0 Å². The van der Waals surface area contributed by atoms with Crippen molar-refractivity contribution in [2.24, 2.45) is 0 Å². The van der Waals surface area contributed by atoms with E-state index in [2.05, 4.69) is 16.5 Å². The molecule has 3 nitrogen and oxygen atoms in total. The Kier molecular flexibility index (Phi) is 3.82. The molecule has 0 aliphatic rings. The van der Waals surface area contributed by atoms with Crippen LogP contribution in [0.15, 0.2) is 28.8 Å². The predicted molar refractivity (Wildman–Crippen MR) is 68.0 cm³/mol. The molecule has 0 aliphatic carbocycles. The van der Waals surface area contributed by atoms with Gasteiger partial charge in [0.15, 0.2) is 5.76 Å². The number of hydrogen-bond acceptors (Lipinski definition) is 3. The number of rotatable bonds is 4. The van der Waals surface area contributed by atoms with Gasteiger partial charge in [-0.1, -0.05) is 28.9 Å². The Labute approximate surface area is 106 Å². The minimum Gasteiger partial charge on any atom is -0.360 e. The van der Waals surface area contributed by atoms with Crippen LogP contribution in [0.3, 0.4) is 0 Å². The van der Waals surface area contributed by atoms with E-state index in [0.29, 0.717) is 6.54 Å². The van der Waals surface area contributed by atoms with Crippen molar-refractivity contribution in [3.05, 3.63) is 51.9 Å². The number of nitrogens with one attached hydrogen (secondary N) is 1. The standard InChI is InChI=1S/C13H15ClN2O/c1-9-3-4-11(6-13(9)14)7-15-8-12-5-10(2)16-17-12/h3-6,15H,7-8H2,1-2H3. The molecule has 0 radical (unpaired) electrons. The van der Waals surface area contributed by atoms with E-state index in [1.54, 1.807) is 0 Å². The van der Waals surface area contributed by atoms with Gasteiger partial charge in [-0.3, -0.25) is 0 Å². The third-order valence-electron chi connectivity index (χ3n) is 2.54. The van der Waals surface area contributed by atoms with E-state index >= 15 is 0 Å². The van der Waals surface area contributed by atoms with Crippen LogP contribution in [-0.2, 0) is 13.1 Å². The Balaban J connectivity index is 1.87. The van der Waals surface area contributed by atoms with Crippen molar-refractivity contribution in [1.82, 2.24) is 10.5 Å². The largest absolute Gasteiger partial charge is 0.360 e. The second kappa shape index (κ2) is 5.34. The first-order valence-electron chi connectivity index (χ1n) is 5.53. The quantitative estimate of drug-likeness (QED) is 0.905. The highest BCUT2D eigenvalue weighted by atomic mass is 35.5. The SMILES string of the molecule is Cc1cc(CNCc2ccc(C)c(Cl)c2)on1. The van der Waals surface area contributed by atoms with Crippen molar-refractivity contribution in [2.75, 3.05) is 0 Å². The van der Waals surface area contributed by atoms with Crippen molar-refractivity contribution in [3.8, 4) is 0 Å². The maximum atomic E-state index is 6.06. The van der Waals surface area contributed by atoms with Gasteiger partial charge in [-0.2, -0.15) is 0 Å². The summed E-state index contributed by atoms with van der Waals surface area (Å²) in [6, 6.07) is 8.00. The fourth-order valence-corrected chi connectivity index (χ4v) is 1.78. The molecular weight excluding hydrogens is 236 g/mol. The first kappa shape index (κ1) is 12.1. The number of aromatic nitrogens is 1. The molecule has 0 saturated heterocycles. The molecule has 2 aromatic rings. The average Bonchev–Trinajstić information content (AvgIpc) is 2.70. The molecule has 1 heterocycles. The zero-order valence-corrected chi connectivity index (χ0v) is 10.7. The molecule has 0 unspecified atom stereocenters. The van der Waals surface area contributed by atoms with Crippen molar-refractivity contribution in [2.45, 2.75) is 26.9 Å². The lowest BCUT2D eigenvalue weighted by Crippen LogP contribution is -2.12. The van der Waals surface area contributed by atoms with Crippen molar-refractivity contribution in [3.63, 3.8) is 0 Å². The summed E-state index contributed by atoms with van der Waals surface area (Å²) in [7, 11) is 0. The fraction of sp³-hybridized carbons (Fsp3) is 0.308. The molecular formula is C13H15ClN2O. The van der Waals surface area contributed by atoms with Crippen LogP contribution >= 0.6 is 11.6 Å². The summed E-state index contributed by atoms with van der Waals surface area (Å²) in [5.74, 6) is 0.848. The van der Waals surface area contributed by atoms with Gasteiger partial charge < -0.3 is 9.84 Å². The number of benzene rings is 1. The molecule has 0 fully saturated rings. The van der Waals surface area contributed by atoms with Gasteiger partial charge in [0.2, 0.25) is 0 Å². The topological polar surface area (TPSA) is 38.1 Å². The molecule has 0 saturated carbocycles. The van der Waals surface area contributed by atoms with Crippen LogP contribution in [0, 0.1) is 13.8 Å². The molecule has 1 aromatic carbocycles. The molecule has 90 valence electrons. The molecule has 0 bridgehead atoms. The molecule has 1 aromatic heterocycles. The van der Waals surface area contributed by atoms with Gasteiger partial charge in [-0.05, 0) is 31.0 Å². The molecule has 2 rings (SSSR count). The number of hydrogen-bond donors (Lipinski definition) is 1. The first-order valence-corrected chi connectivity index (χ1v) is 5.91. The minimum atomic E-state index is 0.673.